The zero-order valence-corrected chi connectivity index (χ0v) is 15.8. The van der Waals surface area contributed by atoms with E-state index in [1.807, 2.05) is 19.1 Å². The molecule has 0 aliphatic carbocycles. The molecule has 1 aliphatic heterocycles. The Hall–Kier alpha value is -2.77. The number of aromatic hydroxyl groups is 1. The number of amidine groups is 1. The first-order valence-electron chi connectivity index (χ1n) is 8.01. The van der Waals surface area contributed by atoms with Crippen molar-refractivity contribution in [3.63, 3.8) is 0 Å². The molecule has 0 spiro atoms. The number of nitrogens with zero attached hydrogens (tertiary/aromatic N) is 2. The number of rotatable bonds is 4. The van der Waals surface area contributed by atoms with E-state index in [9.17, 15) is 14.7 Å². The van der Waals surface area contributed by atoms with Gasteiger partial charge in [-0.05, 0) is 54.6 Å². The Bertz CT molecular complexity index is 970. The van der Waals surface area contributed by atoms with E-state index in [-0.39, 0.29) is 17.2 Å². The second-order valence-corrected chi connectivity index (χ2v) is 7.06. The molecule has 1 saturated heterocycles. The number of aromatic carboxylic acids is 1. The largest absolute Gasteiger partial charge is 0.507 e. The number of aliphatic imine (C=N–C) groups is 1. The van der Waals surface area contributed by atoms with Crippen LogP contribution in [0.5, 0.6) is 5.75 Å². The van der Waals surface area contributed by atoms with Gasteiger partial charge in [0, 0.05) is 17.6 Å². The van der Waals surface area contributed by atoms with E-state index in [2.05, 4.69) is 4.99 Å². The molecule has 0 bridgehead atoms. The van der Waals surface area contributed by atoms with Crippen molar-refractivity contribution in [2.75, 3.05) is 6.54 Å². The summed E-state index contributed by atoms with van der Waals surface area (Å²) in [5, 5.41) is 19.9. The highest BCUT2D eigenvalue weighted by Gasteiger charge is 2.32. The number of carboxylic acid groups (broad SMARTS) is 1. The van der Waals surface area contributed by atoms with Crippen LogP contribution >= 0.6 is 23.4 Å². The average molecular weight is 403 g/mol. The first kappa shape index (κ1) is 19.0. The number of amides is 1. The van der Waals surface area contributed by atoms with Crippen LogP contribution in [0.25, 0.3) is 6.08 Å². The number of carbonyl (C=O) groups excluding carboxylic acids is 1. The van der Waals surface area contributed by atoms with Gasteiger partial charge < -0.3 is 10.2 Å². The van der Waals surface area contributed by atoms with E-state index in [4.69, 9.17) is 16.7 Å². The molecular weight excluding hydrogens is 388 g/mol. The van der Waals surface area contributed by atoms with E-state index in [1.165, 1.54) is 34.9 Å². The van der Waals surface area contributed by atoms with Crippen molar-refractivity contribution in [1.29, 1.82) is 0 Å². The molecule has 0 unspecified atom stereocenters. The van der Waals surface area contributed by atoms with Gasteiger partial charge in [-0.15, -0.1) is 0 Å². The minimum absolute atomic E-state index is 0.164. The summed E-state index contributed by atoms with van der Waals surface area (Å²) in [5.74, 6) is -1.76. The molecule has 2 aromatic carbocycles. The summed E-state index contributed by atoms with van der Waals surface area (Å²) in [6, 6.07) is 11.1. The molecule has 0 saturated carbocycles. The Morgan fingerprint density at radius 3 is 2.56 bits per heavy atom. The molecule has 0 radical (unpaired) electrons. The molecule has 2 N–H and O–H groups in total. The zero-order valence-electron chi connectivity index (χ0n) is 14.2. The van der Waals surface area contributed by atoms with Gasteiger partial charge in [0.15, 0.2) is 5.17 Å². The summed E-state index contributed by atoms with van der Waals surface area (Å²) in [6.07, 6.45) is 1.76. The van der Waals surface area contributed by atoms with Crippen molar-refractivity contribution in [3.05, 3.63) is 63.5 Å². The SMILES string of the molecule is CCN1C(=O)/C(=C/c2ccc(Cl)cc2)SC1=Nc1ccc(C(=O)O)c(O)c1. The molecule has 1 aliphatic rings. The number of hydrogen-bond donors (Lipinski definition) is 2. The lowest BCUT2D eigenvalue weighted by Gasteiger charge is -2.12. The number of halogens is 1. The van der Waals surface area contributed by atoms with Crippen LogP contribution in [0.4, 0.5) is 5.69 Å². The third-order valence-corrected chi connectivity index (χ3v) is 5.07. The molecule has 1 heterocycles. The smallest absolute Gasteiger partial charge is 0.339 e. The van der Waals surface area contributed by atoms with Crippen LogP contribution in [-0.4, -0.2) is 38.7 Å². The van der Waals surface area contributed by atoms with Gasteiger partial charge >= 0.3 is 5.97 Å². The Kier molecular flexibility index (Phi) is 5.53. The number of hydrogen-bond acceptors (Lipinski definition) is 5. The van der Waals surface area contributed by atoms with Gasteiger partial charge in [-0.25, -0.2) is 9.79 Å². The summed E-state index contributed by atoms with van der Waals surface area (Å²) in [6.45, 7) is 2.27. The second-order valence-electron chi connectivity index (χ2n) is 5.61. The van der Waals surface area contributed by atoms with E-state index in [0.717, 1.165) is 5.56 Å². The lowest BCUT2D eigenvalue weighted by Crippen LogP contribution is -2.28. The number of likely N-dealkylation sites (N-methyl/N-ethyl adjacent to an activating group) is 1. The van der Waals surface area contributed by atoms with Crippen LogP contribution in [0.15, 0.2) is 52.4 Å². The molecule has 8 heteroatoms. The van der Waals surface area contributed by atoms with Crippen LogP contribution in [-0.2, 0) is 4.79 Å². The summed E-state index contributed by atoms with van der Waals surface area (Å²) in [7, 11) is 0. The minimum atomic E-state index is -1.22. The third-order valence-electron chi connectivity index (χ3n) is 3.81. The maximum Gasteiger partial charge on any atom is 0.339 e. The monoisotopic (exact) mass is 402 g/mol. The molecule has 1 fully saturated rings. The van der Waals surface area contributed by atoms with Gasteiger partial charge in [0.1, 0.15) is 11.3 Å². The van der Waals surface area contributed by atoms with Crippen LogP contribution < -0.4 is 0 Å². The highest BCUT2D eigenvalue weighted by molar-refractivity contribution is 8.18. The summed E-state index contributed by atoms with van der Waals surface area (Å²) in [5.41, 5.74) is 1.000. The number of carboxylic acids is 1. The average Bonchev–Trinajstić information content (AvgIpc) is 2.91. The van der Waals surface area contributed by atoms with Crippen LogP contribution in [0.2, 0.25) is 5.02 Å². The first-order chi connectivity index (χ1) is 12.9. The van der Waals surface area contributed by atoms with E-state index >= 15 is 0 Å². The highest BCUT2D eigenvalue weighted by atomic mass is 35.5. The number of benzene rings is 2. The normalized spacial score (nSPS) is 17.1. The van der Waals surface area contributed by atoms with Crippen LogP contribution in [0.3, 0.4) is 0 Å². The lowest BCUT2D eigenvalue weighted by molar-refractivity contribution is -0.122. The topological polar surface area (TPSA) is 90.2 Å². The first-order valence-corrected chi connectivity index (χ1v) is 9.20. The van der Waals surface area contributed by atoms with Crippen molar-refractivity contribution in [3.8, 4) is 5.75 Å². The Morgan fingerprint density at radius 1 is 1.26 bits per heavy atom. The van der Waals surface area contributed by atoms with Gasteiger partial charge in [-0.3, -0.25) is 9.69 Å². The summed E-state index contributed by atoms with van der Waals surface area (Å²) in [4.78, 5) is 30.0. The zero-order chi connectivity index (χ0) is 19.6. The maximum atomic E-state index is 12.6. The molecule has 0 aromatic heterocycles. The van der Waals surface area contributed by atoms with Crippen LogP contribution in [0.1, 0.15) is 22.8 Å². The lowest BCUT2D eigenvalue weighted by atomic mass is 10.2. The summed E-state index contributed by atoms with van der Waals surface area (Å²) < 4.78 is 0. The predicted octanol–water partition coefficient (Wildman–Crippen LogP) is 4.37. The second kappa shape index (κ2) is 7.85. The van der Waals surface area contributed by atoms with E-state index < -0.39 is 5.97 Å². The fourth-order valence-electron chi connectivity index (χ4n) is 2.46. The molecule has 6 nitrogen and oxygen atoms in total. The quantitative estimate of drug-likeness (QED) is 0.741. The minimum Gasteiger partial charge on any atom is -0.507 e. The molecule has 2 aromatic rings. The van der Waals surface area contributed by atoms with Gasteiger partial charge in [0.2, 0.25) is 0 Å². The Balaban J connectivity index is 1.92. The molecule has 0 atom stereocenters. The van der Waals surface area contributed by atoms with Crippen molar-refractivity contribution in [2.45, 2.75) is 6.92 Å². The standard InChI is InChI=1S/C19H15ClN2O4S/c1-2-22-17(24)16(9-11-3-5-12(20)6-4-11)27-19(22)21-13-7-8-14(18(25)26)15(23)10-13/h3-10,23H,2H2,1H3,(H,25,26)/b16-9-,21-19?. The molecule has 1 amide bonds. The van der Waals surface area contributed by atoms with Crippen molar-refractivity contribution in [2.24, 2.45) is 4.99 Å². The van der Waals surface area contributed by atoms with Gasteiger partial charge in [0.05, 0.1) is 10.6 Å². The van der Waals surface area contributed by atoms with Gasteiger partial charge in [-0.1, -0.05) is 23.7 Å². The van der Waals surface area contributed by atoms with Crippen molar-refractivity contribution < 1.29 is 19.8 Å². The molecular formula is C19H15ClN2O4S. The number of thioether (sulfide) groups is 1. The van der Waals surface area contributed by atoms with Crippen LogP contribution in [0, 0.1) is 0 Å². The number of phenols is 1. The van der Waals surface area contributed by atoms with Gasteiger partial charge in [-0.2, -0.15) is 0 Å². The fraction of sp³-hybridized carbons (Fsp3) is 0.105. The summed E-state index contributed by atoms with van der Waals surface area (Å²) >= 11 is 7.10. The Morgan fingerprint density at radius 2 is 1.96 bits per heavy atom. The van der Waals surface area contributed by atoms with Gasteiger partial charge in [0.25, 0.3) is 5.91 Å². The molecule has 3 rings (SSSR count). The number of carbonyl (C=O) groups is 2. The van der Waals surface area contributed by atoms with E-state index in [0.29, 0.717) is 27.3 Å². The molecule has 27 heavy (non-hydrogen) atoms. The predicted molar refractivity (Wildman–Crippen MR) is 107 cm³/mol. The highest BCUT2D eigenvalue weighted by Crippen LogP contribution is 2.35. The fourth-order valence-corrected chi connectivity index (χ4v) is 3.65. The van der Waals surface area contributed by atoms with Crippen molar-refractivity contribution >= 4 is 52.2 Å². The molecule has 138 valence electrons. The third kappa shape index (κ3) is 4.15. The van der Waals surface area contributed by atoms with E-state index in [1.54, 1.807) is 18.2 Å². The van der Waals surface area contributed by atoms with Crippen molar-refractivity contribution in [1.82, 2.24) is 4.90 Å². The Labute approximate surface area is 164 Å². The maximum absolute atomic E-state index is 12.6.